The minimum absolute atomic E-state index is 0.0571. The van der Waals surface area contributed by atoms with Crippen LogP contribution in [-0.2, 0) is 17.1 Å². The highest BCUT2D eigenvalue weighted by atomic mass is 32.2. The van der Waals surface area contributed by atoms with Gasteiger partial charge < -0.3 is 0 Å². The second-order valence-electron chi connectivity index (χ2n) is 4.61. The van der Waals surface area contributed by atoms with Crippen molar-refractivity contribution in [3.05, 3.63) is 53.8 Å². The van der Waals surface area contributed by atoms with E-state index in [2.05, 4.69) is 9.82 Å². The van der Waals surface area contributed by atoms with Crippen LogP contribution in [-0.4, -0.2) is 18.2 Å². The van der Waals surface area contributed by atoms with Crippen molar-refractivity contribution in [3.8, 4) is 10.6 Å². The van der Waals surface area contributed by atoms with E-state index in [1.807, 2.05) is 11.4 Å². The van der Waals surface area contributed by atoms with Crippen molar-refractivity contribution in [3.63, 3.8) is 0 Å². The highest BCUT2D eigenvalue weighted by molar-refractivity contribution is 7.92. The standard InChI is InChI=1S/C14H12FN3O2S2/c1-18-9-13(14(16-18)12-6-3-7-21-12)22(19,20)17-11-5-2-4-10(15)8-11/h2-9,17H,1H3. The van der Waals surface area contributed by atoms with E-state index in [0.29, 0.717) is 5.69 Å². The molecule has 22 heavy (non-hydrogen) atoms. The molecule has 0 aliphatic rings. The van der Waals surface area contributed by atoms with Crippen LogP contribution in [0.2, 0.25) is 0 Å². The van der Waals surface area contributed by atoms with Crippen molar-refractivity contribution in [2.75, 3.05) is 4.72 Å². The molecule has 0 radical (unpaired) electrons. The molecule has 3 rings (SSSR count). The maximum absolute atomic E-state index is 13.2. The second kappa shape index (κ2) is 5.54. The number of hydrogen-bond acceptors (Lipinski definition) is 4. The van der Waals surface area contributed by atoms with E-state index < -0.39 is 15.8 Å². The molecule has 114 valence electrons. The summed E-state index contributed by atoms with van der Waals surface area (Å²) >= 11 is 1.40. The number of hydrogen-bond donors (Lipinski definition) is 1. The fraction of sp³-hybridized carbons (Fsp3) is 0.0714. The van der Waals surface area contributed by atoms with Gasteiger partial charge in [0.1, 0.15) is 16.4 Å². The van der Waals surface area contributed by atoms with Gasteiger partial charge in [0, 0.05) is 13.2 Å². The number of rotatable bonds is 4. The van der Waals surface area contributed by atoms with Crippen molar-refractivity contribution < 1.29 is 12.8 Å². The quantitative estimate of drug-likeness (QED) is 0.796. The molecule has 0 aliphatic heterocycles. The van der Waals surface area contributed by atoms with Crippen molar-refractivity contribution in [1.29, 1.82) is 0 Å². The SMILES string of the molecule is Cn1cc(S(=O)(=O)Nc2cccc(F)c2)c(-c2cccs2)n1. The van der Waals surface area contributed by atoms with Crippen molar-refractivity contribution in [2.24, 2.45) is 7.05 Å². The molecule has 1 N–H and O–H groups in total. The molecule has 8 heteroatoms. The van der Waals surface area contributed by atoms with Gasteiger partial charge in [0.25, 0.3) is 10.0 Å². The second-order valence-corrected chi connectivity index (χ2v) is 7.21. The Morgan fingerprint density at radius 2 is 2.09 bits per heavy atom. The molecule has 0 fully saturated rings. The molecule has 0 spiro atoms. The summed E-state index contributed by atoms with van der Waals surface area (Å²) in [7, 11) is -2.21. The van der Waals surface area contributed by atoms with Crippen LogP contribution < -0.4 is 4.72 Å². The molecule has 1 aromatic carbocycles. The number of anilines is 1. The number of nitrogens with one attached hydrogen (secondary N) is 1. The molecule has 0 atom stereocenters. The molecule has 3 aromatic rings. The minimum atomic E-state index is -3.86. The molecule has 0 saturated carbocycles. The fourth-order valence-corrected chi connectivity index (χ4v) is 4.04. The van der Waals surface area contributed by atoms with Crippen molar-refractivity contribution >= 4 is 27.0 Å². The first-order chi connectivity index (χ1) is 10.5. The molecular weight excluding hydrogens is 325 g/mol. The molecule has 2 aromatic heterocycles. The third-order valence-corrected chi connectivity index (χ3v) is 5.17. The Kier molecular flexibility index (Phi) is 3.71. The Morgan fingerprint density at radius 1 is 1.27 bits per heavy atom. The van der Waals surface area contributed by atoms with Crippen LogP contribution in [0.1, 0.15) is 0 Å². The van der Waals surface area contributed by atoms with E-state index in [9.17, 15) is 12.8 Å². The van der Waals surface area contributed by atoms with Gasteiger partial charge >= 0.3 is 0 Å². The van der Waals surface area contributed by atoms with Gasteiger partial charge in [-0.05, 0) is 29.6 Å². The third-order valence-electron chi connectivity index (χ3n) is 2.92. The van der Waals surface area contributed by atoms with Crippen LogP contribution in [0.3, 0.4) is 0 Å². The maximum Gasteiger partial charge on any atom is 0.265 e. The van der Waals surface area contributed by atoms with Crippen LogP contribution >= 0.6 is 11.3 Å². The number of benzene rings is 1. The summed E-state index contributed by atoms with van der Waals surface area (Å²) in [6, 6.07) is 8.93. The summed E-state index contributed by atoms with van der Waals surface area (Å²) in [6.45, 7) is 0. The van der Waals surface area contributed by atoms with E-state index >= 15 is 0 Å². The lowest BCUT2D eigenvalue weighted by molar-refractivity contribution is 0.601. The predicted octanol–water partition coefficient (Wildman–Crippen LogP) is 3.09. The number of thiophene rings is 1. The van der Waals surface area contributed by atoms with Gasteiger partial charge in [0.2, 0.25) is 0 Å². The molecule has 0 saturated heterocycles. The van der Waals surface area contributed by atoms with Crippen LogP contribution in [0.4, 0.5) is 10.1 Å². The summed E-state index contributed by atoms with van der Waals surface area (Å²) < 4.78 is 42.1. The van der Waals surface area contributed by atoms with Gasteiger partial charge in [-0.3, -0.25) is 9.40 Å². The first-order valence-corrected chi connectivity index (χ1v) is 8.68. The summed E-state index contributed by atoms with van der Waals surface area (Å²) in [5.74, 6) is -0.509. The number of halogens is 1. The van der Waals surface area contributed by atoms with Gasteiger partial charge in [-0.1, -0.05) is 12.1 Å². The Hall–Kier alpha value is -2.19. The maximum atomic E-state index is 13.2. The van der Waals surface area contributed by atoms with E-state index in [4.69, 9.17) is 0 Å². The molecule has 0 amide bonds. The van der Waals surface area contributed by atoms with Gasteiger partial charge in [0.15, 0.2) is 0 Å². The number of nitrogens with zero attached hydrogens (tertiary/aromatic N) is 2. The van der Waals surface area contributed by atoms with E-state index in [1.165, 1.54) is 40.4 Å². The monoisotopic (exact) mass is 337 g/mol. The lowest BCUT2D eigenvalue weighted by Crippen LogP contribution is -2.13. The number of aryl methyl sites for hydroxylation is 1. The van der Waals surface area contributed by atoms with Crippen LogP contribution in [0.15, 0.2) is 52.9 Å². The minimum Gasteiger partial charge on any atom is -0.279 e. The van der Waals surface area contributed by atoms with Crippen molar-refractivity contribution in [2.45, 2.75) is 4.90 Å². The first-order valence-electron chi connectivity index (χ1n) is 6.31. The highest BCUT2D eigenvalue weighted by Gasteiger charge is 2.23. The summed E-state index contributed by atoms with van der Waals surface area (Å²) in [4.78, 5) is 0.807. The molecule has 0 aliphatic carbocycles. The number of aromatic nitrogens is 2. The van der Waals surface area contributed by atoms with E-state index in [-0.39, 0.29) is 10.6 Å². The lowest BCUT2D eigenvalue weighted by atomic mass is 10.3. The topological polar surface area (TPSA) is 64.0 Å². The summed E-state index contributed by atoms with van der Waals surface area (Å²) in [6.07, 6.45) is 1.43. The molecular formula is C14H12FN3O2S2. The summed E-state index contributed by atoms with van der Waals surface area (Å²) in [5.41, 5.74) is 0.544. The number of sulfonamides is 1. The van der Waals surface area contributed by atoms with Gasteiger partial charge in [-0.25, -0.2) is 12.8 Å². The first kappa shape index (κ1) is 14.7. The lowest BCUT2D eigenvalue weighted by Gasteiger charge is -2.07. The zero-order valence-electron chi connectivity index (χ0n) is 11.5. The largest absolute Gasteiger partial charge is 0.279 e. The Bertz CT molecular complexity index is 902. The molecule has 0 bridgehead atoms. The fourth-order valence-electron chi connectivity index (χ4n) is 2.01. The Morgan fingerprint density at radius 3 is 2.77 bits per heavy atom. The molecule has 0 unspecified atom stereocenters. The normalized spacial score (nSPS) is 11.5. The molecule has 2 heterocycles. The van der Waals surface area contributed by atoms with Crippen LogP contribution in [0, 0.1) is 5.82 Å². The Labute approximate surface area is 131 Å². The zero-order chi connectivity index (χ0) is 15.7. The molecule has 5 nitrogen and oxygen atoms in total. The summed E-state index contributed by atoms with van der Waals surface area (Å²) in [5, 5.41) is 6.06. The average molecular weight is 337 g/mol. The Balaban J connectivity index is 2.03. The predicted molar refractivity (Wildman–Crippen MR) is 83.7 cm³/mol. The third kappa shape index (κ3) is 2.88. The average Bonchev–Trinajstić information content (AvgIpc) is 3.06. The van der Waals surface area contributed by atoms with Crippen LogP contribution in [0.5, 0.6) is 0 Å². The van der Waals surface area contributed by atoms with Crippen molar-refractivity contribution in [1.82, 2.24) is 9.78 Å². The van der Waals surface area contributed by atoms with E-state index in [1.54, 1.807) is 13.1 Å². The van der Waals surface area contributed by atoms with E-state index in [0.717, 1.165) is 10.9 Å². The zero-order valence-corrected chi connectivity index (χ0v) is 13.2. The van der Waals surface area contributed by atoms with Gasteiger partial charge in [-0.15, -0.1) is 11.3 Å². The van der Waals surface area contributed by atoms with Gasteiger partial charge in [0.05, 0.1) is 10.6 Å². The highest BCUT2D eigenvalue weighted by Crippen LogP contribution is 2.30. The van der Waals surface area contributed by atoms with Crippen LogP contribution in [0.25, 0.3) is 10.6 Å². The van der Waals surface area contributed by atoms with Gasteiger partial charge in [-0.2, -0.15) is 5.10 Å². The smallest absolute Gasteiger partial charge is 0.265 e.